The Labute approximate surface area is 134 Å². The zero-order chi connectivity index (χ0) is 15.7. The maximum absolute atomic E-state index is 12.8. The van der Waals surface area contributed by atoms with Crippen LogP contribution in [-0.4, -0.2) is 45.0 Å². The van der Waals surface area contributed by atoms with E-state index in [9.17, 15) is 9.90 Å². The topological polar surface area (TPSA) is 57.8 Å². The van der Waals surface area contributed by atoms with Gasteiger partial charge in [0.05, 0.1) is 0 Å². The lowest BCUT2D eigenvalue weighted by molar-refractivity contribution is 0.0646. The van der Waals surface area contributed by atoms with Crippen LogP contribution < -0.4 is 0 Å². The molecular formula is C16H20ClN3O2. The average molecular weight is 322 g/mol. The lowest BCUT2D eigenvalue weighted by atomic mass is 9.86. The van der Waals surface area contributed by atoms with Gasteiger partial charge in [-0.25, -0.2) is 4.98 Å². The van der Waals surface area contributed by atoms with E-state index in [1.807, 2.05) is 25.2 Å². The number of nitrogens with zero attached hydrogens (tertiary/aromatic N) is 3. The van der Waals surface area contributed by atoms with Crippen LogP contribution in [0.2, 0.25) is 5.15 Å². The molecule has 0 unspecified atom stereocenters. The number of carbonyl (C=O) groups excluding carboxylic acids is 1. The number of aromatic nitrogens is 2. The molecule has 118 valence electrons. The Morgan fingerprint density at radius 1 is 1.41 bits per heavy atom. The van der Waals surface area contributed by atoms with Gasteiger partial charge in [-0.1, -0.05) is 17.7 Å². The summed E-state index contributed by atoms with van der Waals surface area (Å²) in [5.41, 5.74) is 1.09. The number of halogens is 1. The zero-order valence-electron chi connectivity index (χ0n) is 12.6. The third-order valence-corrected chi connectivity index (χ3v) is 4.90. The zero-order valence-corrected chi connectivity index (χ0v) is 13.3. The summed E-state index contributed by atoms with van der Waals surface area (Å²) >= 11 is 6.18. The Kier molecular flexibility index (Phi) is 4.36. The van der Waals surface area contributed by atoms with Gasteiger partial charge in [-0.05, 0) is 43.7 Å². The molecule has 5 nitrogen and oxygen atoms in total. The number of aliphatic hydroxyl groups is 1. The molecule has 1 N–H and O–H groups in total. The fourth-order valence-electron chi connectivity index (χ4n) is 3.21. The minimum atomic E-state index is -0.101. The van der Waals surface area contributed by atoms with Crippen molar-refractivity contribution in [3.8, 4) is 0 Å². The maximum atomic E-state index is 12.8. The van der Waals surface area contributed by atoms with Crippen molar-refractivity contribution < 1.29 is 9.90 Å². The Morgan fingerprint density at radius 3 is 2.82 bits per heavy atom. The van der Waals surface area contributed by atoms with Crippen LogP contribution in [-0.2, 0) is 0 Å². The molecule has 0 aromatic carbocycles. The first kappa shape index (κ1) is 15.3. The molecule has 0 spiro atoms. The molecule has 6 heteroatoms. The lowest BCUT2D eigenvalue weighted by Gasteiger charge is -2.34. The molecular weight excluding hydrogens is 302 g/mol. The van der Waals surface area contributed by atoms with E-state index in [1.165, 1.54) is 0 Å². The first-order chi connectivity index (χ1) is 10.6. The van der Waals surface area contributed by atoms with Crippen LogP contribution in [0.25, 0.3) is 5.65 Å². The molecule has 1 saturated carbocycles. The van der Waals surface area contributed by atoms with Crippen molar-refractivity contribution in [2.45, 2.75) is 31.7 Å². The molecule has 1 aliphatic carbocycles. The molecule has 1 amide bonds. The highest BCUT2D eigenvalue weighted by molar-refractivity contribution is 6.32. The van der Waals surface area contributed by atoms with Gasteiger partial charge in [0.25, 0.3) is 5.91 Å². The predicted molar refractivity (Wildman–Crippen MR) is 85.1 cm³/mol. The van der Waals surface area contributed by atoms with E-state index in [0.717, 1.165) is 25.7 Å². The van der Waals surface area contributed by atoms with Crippen LogP contribution in [0.15, 0.2) is 24.4 Å². The van der Waals surface area contributed by atoms with E-state index in [2.05, 4.69) is 4.98 Å². The molecule has 2 heterocycles. The number of imidazole rings is 1. The van der Waals surface area contributed by atoms with E-state index < -0.39 is 0 Å². The van der Waals surface area contributed by atoms with Crippen molar-refractivity contribution in [2.75, 3.05) is 13.7 Å². The fourth-order valence-corrected chi connectivity index (χ4v) is 3.46. The normalized spacial score (nSPS) is 22.0. The molecule has 2 aromatic rings. The highest BCUT2D eigenvalue weighted by Gasteiger charge is 2.29. The summed E-state index contributed by atoms with van der Waals surface area (Å²) < 4.78 is 1.74. The molecule has 1 fully saturated rings. The monoisotopic (exact) mass is 321 g/mol. The van der Waals surface area contributed by atoms with E-state index in [1.54, 1.807) is 15.5 Å². The van der Waals surface area contributed by atoms with Crippen LogP contribution in [0.3, 0.4) is 0 Å². The van der Waals surface area contributed by atoms with Gasteiger partial charge in [0, 0.05) is 25.9 Å². The van der Waals surface area contributed by atoms with E-state index in [0.29, 0.717) is 17.3 Å². The Hall–Kier alpha value is -1.59. The van der Waals surface area contributed by atoms with Gasteiger partial charge < -0.3 is 10.0 Å². The first-order valence-corrected chi connectivity index (χ1v) is 8.00. The largest absolute Gasteiger partial charge is 0.396 e. The Morgan fingerprint density at radius 2 is 2.14 bits per heavy atom. The Balaban J connectivity index is 1.82. The minimum Gasteiger partial charge on any atom is -0.396 e. The maximum Gasteiger partial charge on any atom is 0.274 e. The summed E-state index contributed by atoms with van der Waals surface area (Å²) in [6.07, 6.45) is 5.56. The van der Waals surface area contributed by atoms with Gasteiger partial charge in [0.2, 0.25) is 0 Å². The predicted octanol–water partition coefficient (Wildman–Crippen LogP) is 2.61. The number of amides is 1. The lowest BCUT2D eigenvalue weighted by Crippen LogP contribution is -2.40. The quantitative estimate of drug-likeness (QED) is 0.945. The fraction of sp³-hybridized carbons (Fsp3) is 0.500. The van der Waals surface area contributed by atoms with E-state index >= 15 is 0 Å². The smallest absolute Gasteiger partial charge is 0.274 e. The molecule has 2 aromatic heterocycles. The van der Waals surface area contributed by atoms with Crippen molar-refractivity contribution >= 4 is 23.2 Å². The van der Waals surface area contributed by atoms with Gasteiger partial charge in [0.15, 0.2) is 10.8 Å². The molecule has 0 bridgehead atoms. The summed E-state index contributed by atoms with van der Waals surface area (Å²) in [4.78, 5) is 18.8. The molecule has 0 aliphatic heterocycles. The minimum absolute atomic E-state index is 0.101. The van der Waals surface area contributed by atoms with Crippen LogP contribution in [0, 0.1) is 5.92 Å². The molecule has 1 aliphatic rings. The number of pyridine rings is 1. The molecule has 3 rings (SSSR count). The van der Waals surface area contributed by atoms with Crippen LogP contribution >= 0.6 is 11.6 Å². The number of carbonyl (C=O) groups is 1. The van der Waals surface area contributed by atoms with Crippen LogP contribution in [0.5, 0.6) is 0 Å². The second-order valence-electron chi connectivity index (χ2n) is 5.95. The highest BCUT2D eigenvalue weighted by Crippen LogP contribution is 2.28. The van der Waals surface area contributed by atoms with Crippen molar-refractivity contribution in [3.63, 3.8) is 0 Å². The molecule has 22 heavy (non-hydrogen) atoms. The number of rotatable bonds is 3. The second kappa shape index (κ2) is 6.26. The van der Waals surface area contributed by atoms with E-state index in [4.69, 9.17) is 11.6 Å². The summed E-state index contributed by atoms with van der Waals surface area (Å²) in [6.45, 7) is 0.240. The van der Waals surface area contributed by atoms with Crippen molar-refractivity contribution in [2.24, 2.45) is 5.92 Å². The molecule has 0 atom stereocenters. The third-order valence-electron chi connectivity index (χ3n) is 4.63. The van der Waals surface area contributed by atoms with Crippen molar-refractivity contribution in [1.29, 1.82) is 0 Å². The van der Waals surface area contributed by atoms with E-state index in [-0.39, 0.29) is 23.7 Å². The SMILES string of the molecule is CN(C(=O)c1c(Cl)nc2ccccn12)C1CCC(CO)CC1. The second-order valence-corrected chi connectivity index (χ2v) is 6.31. The van der Waals surface area contributed by atoms with Gasteiger partial charge in [0.1, 0.15) is 5.65 Å². The first-order valence-electron chi connectivity index (χ1n) is 7.62. The van der Waals surface area contributed by atoms with Gasteiger partial charge in [-0.15, -0.1) is 0 Å². The van der Waals surface area contributed by atoms with Crippen molar-refractivity contribution in [1.82, 2.24) is 14.3 Å². The van der Waals surface area contributed by atoms with Gasteiger partial charge in [-0.3, -0.25) is 9.20 Å². The average Bonchev–Trinajstić information content (AvgIpc) is 2.89. The van der Waals surface area contributed by atoms with Crippen LogP contribution in [0.1, 0.15) is 36.2 Å². The van der Waals surface area contributed by atoms with Gasteiger partial charge in [-0.2, -0.15) is 0 Å². The molecule has 0 radical (unpaired) electrons. The number of hydrogen-bond acceptors (Lipinski definition) is 3. The summed E-state index contributed by atoms with van der Waals surface area (Å²) in [5, 5.41) is 9.46. The van der Waals surface area contributed by atoms with Crippen LogP contribution in [0.4, 0.5) is 0 Å². The number of hydrogen-bond donors (Lipinski definition) is 1. The number of aliphatic hydroxyl groups excluding tert-OH is 1. The summed E-state index contributed by atoms with van der Waals surface area (Å²) in [6, 6.07) is 5.75. The number of fused-ring (bicyclic) bond motifs is 1. The Bertz CT molecular complexity index is 677. The standard InChI is InChI=1S/C16H20ClN3O2/c1-19(12-7-5-11(10-21)6-8-12)16(22)14-15(17)18-13-4-2-3-9-20(13)14/h2-4,9,11-12,21H,5-8,10H2,1H3. The molecule has 0 saturated heterocycles. The summed E-state index contributed by atoms with van der Waals surface area (Å²) in [5.74, 6) is 0.273. The highest BCUT2D eigenvalue weighted by atomic mass is 35.5. The third kappa shape index (κ3) is 2.71. The van der Waals surface area contributed by atoms with Gasteiger partial charge >= 0.3 is 0 Å². The summed E-state index contributed by atoms with van der Waals surface area (Å²) in [7, 11) is 1.82. The van der Waals surface area contributed by atoms with Crippen molar-refractivity contribution in [3.05, 3.63) is 35.2 Å².